The van der Waals surface area contributed by atoms with Gasteiger partial charge in [-0.25, -0.2) is 4.57 Å². The second kappa shape index (κ2) is 38.4. The summed E-state index contributed by atoms with van der Waals surface area (Å²) in [6.07, 6.45) is 44.3. The molecule has 2 unspecified atom stereocenters. The summed E-state index contributed by atoms with van der Waals surface area (Å²) in [5.41, 5.74) is 0. The van der Waals surface area contributed by atoms with Crippen molar-refractivity contribution in [3.8, 4) is 0 Å². The van der Waals surface area contributed by atoms with E-state index in [4.69, 9.17) is 13.8 Å². The summed E-state index contributed by atoms with van der Waals surface area (Å²) >= 11 is 0. The SMILES string of the molecule is CC/C=C\C/C=C\C/C=C\CCCCCCCCCC(=O)OCC(O)COP(=O)(O)OCCNC(=O)CCCCCCC/C=C\C/C=C\CCCC. The van der Waals surface area contributed by atoms with Crippen LogP contribution in [0.25, 0.3) is 0 Å². The lowest BCUT2D eigenvalue weighted by molar-refractivity contribution is -0.147. The predicted molar refractivity (Wildman–Crippen MR) is 215 cm³/mol. The van der Waals surface area contributed by atoms with Crippen LogP contribution < -0.4 is 5.32 Å². The number of carbonyl (C=O) groups is 2. The molecule has 9 nitrogen and oxygen atoms in total. The molecule has 0 heterocycles. The summed E-state index contributed by atoms with van der Waals surface area (Å²) < 4.78 is 26.8. The third kappa shape index (κ3) is 38.9. The van der Waals surface area contributed by atoms with Crippen LogP contribution in [0, 0.1) is 0 Å². The zero-order valence-electron chi connectivity index (χ0n) is 32.7. The molecule has 0 saturated carbocycles. The van der Waals surface area contributed by atoms with Gasteiger partial charge in [-0.05, 0) is 70.6 Å². The van der Waals surface area contributed by atoms with E-state index in [0.717, 1.165) is 96.3 Å². The Morgan fingerprint density at radius 1 is 0.615 bits per heavy atom. The molecule has 0 aliphatic carbocycles. The Kier molecular flexibility index (Phi) is 36.7. The van der Waals surface area contributed by atoms with Crippen molar-refractivity contribution in [1.82, 2.24) is 5.32 Å². The molecule has 10 heteroatoms. The molecule has 52 heavy (non-hydrogen) atoms. The maximum Gasteiger partial charge on any atom is 0.472 e. The molecule has 3 N–H and O–H groups in total. The number of hydrogen-bond acceptors (Lipinski definition) is 7. The smallest absolute Gasteiger partial charge is 0.463 e. The monoisotopic (exact) mass is 752 g/mol. The molecule has 0 aliphatic rings. The second-order valence-corrected chi connectivity index (χ2v) is 14.7. The zero-order chi connectivity index (χ0) is 38.2. The van der Waals surface area contributed by atoms with Crippen LogP contribution in [0.2, 0.25) is 0 Å². The quantitative estimate of drug-likeness (QED) is 0.0247. The Balaban J connectivity index is 3.66. The van der Waals surface area contributed by atoms with E-state index in [0.29, 0.717) is 6.42 Å². The van der Waals surface area contributed by atoms with Gasteiger partial charge in [0, 0.05) is 19.4 Å². The van der Waals surface area contributed by atoms with Crippen molar-refractivity contribution < 1.29 is 37.9 Å². The van der Waals surface area contributed by atoms with Gasteiger partial charge in [0.2, 0.25) is 5.91 Å². The molecule has 0 aromatic rings. The number of hydrogen-bond donors (Lipinski definition) is 3. The first-order chi connectivity index (χ1) is 25.3. The molecule has 300 valence electrons. The first-order valence-electron chi connectivity index (χ1n) is 20.3. The Labute approximate surface area is 317 Å². The van der Waals surface area contributed by atoms with Crippen LogP contribution in [-0.2, 0) is 27.9 Å². The average Bonchev–Trinajstić information content (AvgIpc) is 3.13. The molecule has 0 bridgehead atoms. The minimum Gasteiger partial charge on any atom is -0.463 e. The van der Waals surface area contributed by atoms with Crippen LogP contribution in [0.4, 0.5) is 0 Å². The largest absolute Gasteiger partial charge is 0.472 e. The molecule has 0 fully saturated rings. The number of rotatable bonds is 37. The highest BCUT2D eigenvalue weighted by atomic mass is 31.2. The maximum absolute atomic E-state index is 12.1. The van der Waals surface area contributed by atoms with Crippen molar-refractivity contribution in [3.63, 3.8) is 0 Å². The summed E-state index contributed by atoms with van der Waals surface area (Å²) in [4.78, 5) is 33.8. The lowest BCUT2D eigenvalue weighted by Gasteiger charge is -2.15. The molecule has 0 radical (unpaired) electrons. The number of phosphoric acid groups is 1. The Hall–Kier alpha value is -2.29. The summed E-state index contributed by atoms with van der Waals surface area (Å²) in [5, 5.41) is 12.7. The van der Waals surface area contributed by atoms with Crippen LogP contribution in [0.3, 0.4) is 0 Å². The Morgan fingerprint density at radius 2 is 1.10 bits per heavy atom. The predicted octanol–water partition coefficient (Wildman–Crippen LogP) is 10.9. The molecular weight excluding hydrogens is 677 g/mol. The van der Waals surface area contributed by atoms with E-state index in [2.05, 4.69) is 79.9 Å². The Bertz CT molecular complexity index is 1040. The normalized spacial score (nSPS) is 14.0. The number of aliphatic hydroxyl groups excluding tert-OH is 1. The molecule has 1 amide bonds. The van der Waals surface area contributed by atoms with Gasteiger partial charge in [-0.2, -0.15) is 0 Å². The van der Waals surface area contributed by atoms with Gasteiger partial charge in [0.05, 0.1) is 13.2 Å². The van der Waals surface area contributed by atoms with Crippen LogP contribution >= 0.6 is 7.82 Å². The highest BCUT2D eigenvalue weighted by Crippen LogP contribution is 2.42. The zero-order valence-corrected chi connectivity index (χ0v) is 33.6. The van der Waals surface area contributed by atoms with E-state index in [9.17, 15) is 24.2 Å². The van der Waals surface area contributed by atoms with E-state index < -0.39 is 26.5 Å². The van der Waals surface area contributed by atoms with E-state index in [1.807, 2.05) is 0 Å². The molecule has 0 rings (SSSR count). The van der Waals surface area contributed by atoms with Crippen molar-refractivity contribution in [1.29, 1.82) is 0 Å². The van der Waals surface area contributed by atoms with Gasteiger partial charge >= 0.3 is 13.8 Å². The summed E-state index contributed by atoms with van der Waals surface area (Å²) in [6, 6.07) is 0. The fourth-order valence-corrected chi connectivity index (χ4v) is 5.87. The molecule has 0 aliphatic heterocycles. The molecule has 2 atom stereocenters. The number of esters is 1. The molecule has 0 aromatic carbocycles. The van der Waals surface area contributed by atoms with Crippen molar-refractivity contribution in [3.05, 3.63) is 60.8 Å². The maximum atomic E-state index is 12.1. The van der Waals surface area contributed by atoms with Gasteiger partial charge in [0.1, 0.15) is 12.7 Å². The first-order valence-corrected chi connectivity index (χ1v) is 21.8. The van der Waals surface area contributed by atoms with Gasteiger partial charge in [-0.3, -0.25) is 18.6 Å². The molecule has 0 spiro atoms. The van der Waals surface area contributed by atoms with Gasteiger partial charge in [-0.1, -0.05) is 139 Å². The van der Waals surface area contributed by atoms with E-state index >= 15 is 0 Å². The number of allylic oxidation sites excluding steroid dienone is 10. The number of carbonyl (C=O) groups excluding carboxylic acids is 2. The van der Waals surface area contributed by atoms with E-state index in [1.54, 1.807) is 0 Å². The minimum absolute atomic E-state index is 0.0702. The topological polar surface area (TPSA) is 131 Å². The first kappa shape index (κ1) is 49.7. The van der Waals surface area contributed by atoms with Gasteiger partial charge in [0.25, 0.3) is 0 Å². The van der Waals surface area contributed by atoms with Gasteiger partial charge in [0.15, 0.2) is 0 Å². The highest BCUT2D eigenvalue weighted by Gasteiger charge is 2.23. The van der Waals surface area contributed by atoms with Crippen molar-refractivity contribution in [2.45, 2.75) is 168 Å². The molecule has 0 saturated heterocycles. The van der Waals surface area contributed by atoms with Crippen molar-refractivity contribution >= 4 is 19.7 Å². The van der Waals surface area contributed by atoms with Crippen LogP contribution in [0.5, 0.6) is 0 Å². The summed E-state index contributed by atoms with van der Waals surface area (Å²) in [7, 11) is -4.42. The van der Waals surface area contributed by atoms with Gasteiger partial charge in [-0.15, -0.1) is 0 Å². The number of unbranched alkanes of at least 4 members (excludes halogenated alkanes) is 14. The van der Waals surface area contributed by atoms with Gasteiger partial charge < -0.3 is 20.1 Å². The van der Waals surface area contributed by atoms with Crippen molar-refractivity contribution in [2.75, 3.05) is 26.4 Å². The summed E-state index contributed by atoms with van der Waals surface area (Å²) in [6.45, 7) is 3.36. The average molecular weight is 752 g/mol. The standard InChI is InChI=1S/C42H74NO8P/c1-3-5-7-9-11-13-15-17-19-20-21-23-25-27-29-31-33-35-42(46)49-38-40(44)39-51-52(47,48)50-37-36-43-41(45)34-32-30-28-26-24-22-18-16-14-12-10-8-6-4-2/h5,7,10-13,16-19,40,44H,3-4,6,8-9,14-15,20-39H2,1-2H3,(H,43,45)(H,47,48)/b7-5-,12-10-,13-11-,18-16-,19-17-. The fraction of sp³-hybridized carbons (Fsp3) is 0.714. The van der Waals surface area contributed by atoms with E-state index in [-0.39, 0.29) is 32.1 Å². The number of ether oxygens (including phenoxy) is 1. The number of nitrogens with one attached hydrogen (secondary N) is 1. The highest BCUT2D eigenvalue weighted by molar-refractivity contribution is 7.47. The number of phosphoric ester groups is 1. The second-order valence-electron chi connectivity index (χ2n) is 13.2. The number of amides is 1. The lowest BCUT2D eigenvalue weighted by atomic mass is 10.1. The lowest BCUT2D eigenvalue weighted by Crippen LogP contribution is -2.27. The van der Waals surface area contributed by atoms with E-state index in [1.165, 1.54) is 38.5 Å². The summed E-state index contributed by atoms with van der Waals surface area (Å²) in [5.74, 6) is -0.545. The Morgan fingerprint density at radius 3 is 1.65 bits per heavy atom. The van der Waals surface area contributed by atoms with Crippen LogP contribution in [0.15, 0.2) is 60.8 Å². The van der Waals surface area contributed by atoms with Crippen LogP contribution in [-0.4, -0.2) is 54.3 Å². The number of aliphatic hydroxyl groups is 1. The fourth-order valence-electron chi connectivity index (χ4n) is 5.12. The third-order valence-corrected chi connectivity index (χ3v) is 9.17. The molecular formula is C42H74NO8P. The van der Waals surface area contributed by atoms with Crippen LogP contribution in [0.1, 0.15) is 162 Å². The minimum atomic E-state index is -4.42. The molecule has 0 aromatic heterocycles. The third-order valence-electron chi connectivity index (χ3n) is 8.18. The van der Waals surface area contributed by atoms with Crippen molar-refractivity contribution in [2.24, 2.45) is 0 Å².